The topological polar surface area (TPSA) is 115 Å². The standard InChI is InChI=1S/C16H15N7O2/c1-11-20-21-22-23(11)14-4-2-3-13(9-14)19-16(25)15(24)18-10-12-5-7-17-8-6-12/h2-9H,10H2,1H3,(H,18,24)(H,19,25). The number of rotatable bonds is 4. The molecule has 2 amide bonds. The van der Waals surface area contributed by atoms with Crippen LogP contribution in [0.5, 0.6) is 0 Å². The molecule has 3 aromatic rings. The molecule has 0 fully saturated rings. The Labute approximate surface area is 143 Å². The van der Waals surface area contributed by atoms with Gasteiger partial charge in [0.25, 0.3) is 0 Å². The number of tetrazole rings is 1. The van der Waals surface area contributed by atoms with E-state index in [0.29, 0.717) is 17.2 Å². The van der Waals surface area contributed by atoms with Gasteiger partial charge in [-0.3, -0.25) is 14.6 Å². The number of aromatic nitrogens is 5. The van der Waals surface area contributed by atoms with Gasteiger partial charge in [-0.15, -0.1) is 5.10 Å². The number of carbonyl (C=O) groups is 2. The third-order valence-electron chi connectivity index (χ3n) is 3.38. The molecule has 0 aliphatic rings. The van der Waals surface area contributed by atoms with Gasteiger partial charge < -0.3 is 10.6 Å². The van der Waals surface area contributed by atoms with Crippen molar-refractivity contribution in [1.82, 2.24) is 30.5 Å². The minimum Gasteiger partial charge on any atom is -0.344 e. The van der Waals surface area contributed by atoms with E-state index in [1.54, 1.807) is 55.7 Å². The lowest BCUT2D eigenvalue weighted by Crippen LogP contribution is -2.34. The SMILES string of the molecule is Cc1nnnn1-c1cccc(NC(=O)C(=O)NCc2ccncc2)c1. The molecule has 126 valence electrons. The van der Waals surface area contributed by atoms with Gasteiger partial charge in [0.05, 0.1) is 5.69 Å². The number of aryl methyl sites for hydroxylation is 1. The molecule has 0 saturated heterocycles. The van der Waals surface area contributed by atoms with Crippen LogP contribution in [-0.2, 0) is 16.1 Å². The molecule has 2 heterocycles. The maximum atomic E-state index is 12.0. The Morgan fingerprint density at radius 1 is 1.12 bits per heavy atom. The molecule has 0 bridgehead atoms. The number of hydrogen-bond acceptors (Lipinski definition) is 6. The van der Waals surface area contributed by atoms with Crippen molar-refractivity contribution >= 4 is 17.5 Å². The molecule has 0 unspecified atom stereocenters. The van der Waals surface area contributed by atoms with Crippen LogP contribution in [0, 0.1) is 6.92 Å². The van der Waals surface area contributed by atoms with Crippen LogP contribution in [-0.4, -0.2) is 37.0 Å². The monoisotopic (exact) mass is 337 g/mol. The Hall–Kier alpha value is -3.62. The van der Waals surface area contributed by atoms with Crippen LogP contribution >= 0.6 is 0 Å². The Bertz CT molecular complexity index is 892. The van der Waals surface area contributed by atoms with Gasteiger partial charge in [0, 0.05) is 24.6 Å². The summed E-state index contributed by atoms with van der Waals surface area (Å²) in [5, 5.41) is 16.4. The Balaban J connectivity index is 1.63. The summed E-state index contributed by atoms with van der Waals surface area (Å²) >= 11 is 0. The molecule has 0 saturated carbocycles. The zero-order chi connectivity index (χ0) is 17.6. The van der Waals surface area contributed by atoms with Crippen LogP contribution in [0.3, 0.4) is 0 Å². The van der Waals surface area contributed by atoms with Crippen molar-refractivity contribution in [3.8, 4) is 5.69 Å². The van der Waals surface area contributed by atoms with Gasteiger partial charge in [-0.1, -0.05) is 6.07 Å². The largest absolute Gasteiger partial charge is 0.344 e. The fourth-order valence-electron chi connectivity index (χ4n) is 2.14. The first kappa shape index (κ1) is 16.2. The van der Waals surface area contributed by atoms with E-state index in [0.717, 1.165) is 5.56 Å². The summed E-state index contributed by atoms with van der Waals surface area (Å²) in [6.07, 6.45) is 3.24. The number of nitrogens with one attached hydrogen (secondary N) is 2. The second kappa shape index (κ2) is 7.30. The summed E-state index contributed by atoms with van der Waals surface area (Å²) in [6.45, 7) is 2.01. The lowest BCUT2D eigenvalue weighted by molar-refractivity contribution is -0.136. The number of pyridine rings is 1. The van der Waals surface area contributed by atoms with Crippen molar-refractivity contribution in [2.45, 2.75) is 13.5 Å². The molecule has 0 aliphatic heterocycles. The van der Waals surface area contributed by atoms with Crippen LogP contribution in [0.15, 0.2) is 48.8 Å². The fraction of sp³-hybridized carbons (Fsp3) is 0.125. The molecular formula is C16H15N7O2. The van der Waals surface area contributed by atoms with Crippen molar-refractivity contribution < 1.29 is 9.59 Å². The van der Waals surface area contributed by atoms with Gasteiger partial charge in [0.15, 0.2) is 5.82 Å². The fourth-order valence-corrected chi connectivity index (χ4v) is 2.14. The van der Waals surface area contributed by atoms with E-state index in [1.807, 2.05) is 0 Å². The van der Waals surface area contributed by atoms with Gasteiger partial charge in [-0.25, -0.2) is 0 Å². The van der Waals surface area contributed by atoms with Crippen molar-refractivity contribution in [1.29, 1.82) is 0 Å². The van der Waals surface area contributed by atoms with Crippen LogP contribution in [0.4, 0.5) is 5.69 Å². The number of nitrogens with zero attached hydrogens (tertiary/aromatic N) is 5. The van der Waals surface area contributed by atoms with Gasteiger partial charge in [0.2, 0.25) is 0 Å². The smallest absolute Gasteiger partial charge is 0.313 e. The zero-order valence-electron chi connectivity index (χ0n) is 13.4. The van der Waals surface area contributed by atoms with E-state index in [9.17, 15) is 9.59 Å². The molecule has 0 radical (unpaired) electrons. The number of benzene rings is 1. The van der Waals surface area contributed by atoms with E-state index >= 15 is 0 Å². The maximum Gasteiger partial charge on any atom is 0.313 e. The summed E-state index contributed by atoms with van der Waals surface area (Å²) in [6, 6.07) is 10.4. The van der Waals surface area contributed by atoms with Gasteiger partial charge in [-0.2, -0.15) is 4.68 Å². The maximum absolute atomic E-state index is 12.0. The van der Waals surface area contributed by atoms with E-state index in [1.165, 1.54) is 4.68 Å². The molecule has 0 atom stereocenters. The molecular weight excluding hydrogens is 322 g/mol. The predicted octanol–water partition coefficient (Wildman–Crippen LogP) is 0.621. The van der Waals surface area contributed by atoms with Crippen LogP contribution < -0.4 is 10.6 Å². The molecule has 3 rings (SSSR count). The summed E-state index contributed by atoms with van der Waals surface area (Å²) in [7, 11) is 0. The number of carbonyl (C=O) groups excluding carboxylic acids is 2. The molecule has 9 heteroatoms. The average Bonchev–Trinajstić information content (AvgIpc) is 3.06. The summed E-state index contributed by atoms with van der Waals surface area (Å²) in [4.78, 5) is 27.8. The van der Waals surface area contributed by atoms with Crippen LogP contribution in [0.2, 0.25) is 0 Å². The van der Waals surface area contributed by atoms with E-state index in [2.05, 4.69) is 31.1 Å². The van der Waals surface area contributed by atoms with Gasteiger partial charge in [-0.05, 0) is 53.2 Å². The first-order valence-corrected chi connectivity index (χ1v) is 7.47. The molecule has 2 N–H and O–H groups in total. The van der Waals surface area contributed by atoms with Crippen LogP contribution in [0.25, 0.3) is 5.69 Å². The van der Waals surface area contributed by atoms with Crippen molar-refractivity contribution in [3.63, 3.8) is 0 Å². The molecule has 25 heavy (non-hydrogen) atoms. The summed E-state index contributed by atoms with van der Waals surface area (Å²) < 4.78 is 1.53. The average molecular weight is 337 g/mol. The molecule has 0 spiro atoms. The number of amides is 2. The predicted molar refractivity (Wildman–Crippen MR) is 88.6 cm³/mol. The minimum absolute atomic E-state index is 0.249. The normalized spacial score (nSPS) is 10.3. The van der Waals surface area contributed by atoms with Crippen molar-refractivity contribution in [3.05, 3.63) is 60.2 Å². The molecule has 1 aromatic carbocycles. The molecule has 0 aliphatic carbocycles. The highest BCUT2D eigenvalue weighted by atomic mass is 16.2. The quantitative estimate of drug-likeness (QED) is 0.675. The van der Waals surface area contributed by atoms with Crippen LogP contribution in [0.1, 0.15) is 11.4 Å². The van der Waals surface area contributed by atoms with E-state index in [4.69, 9.17) is 0 Å². The summed E-state index contributed by atoms with van der Waals surface area (Å²) in [5.41, 5.74) is 2.00. The van der Waals surface area contributed by atoms with Gasteiger partial charge in [0.1, 0.15) is 0 Å². The first-order chi connectivity index (χ1) is 12.1. The lowest BCUT2D eigenvalue weighted by atomic mass is 10.2. The Kier molecular flexibility index (Phi) is 4.74. The lowest BCUT2D eigenvalue weighted by Gasteiger charge is -2.08. The Morgan fingerprint density at radius 2 is 1.92 bits per heavy atom. The van der Waals surface area contributed by atoms with E-state index in [-0.39, 0.29) is 6.54 Å². The Morgan fingerprint density at radius 3 is 2.64 bits per heavy atom. The molecule has 9 nitrogen and oxygen atoms in total. The highest BCUT2D eigenvalue weighted by molar-refractivity contribution is 6.39. The van der Waals surface area contributed by atoms with E-state index < -0.39 is 11.8 Å². The number of hydrogen-bond donors (Lipinski definition) is 2. The first-order valence-electron chi connectivity index (χ1n) is 7.47. The minimum atomic E-state index is -0.750. The highest BCUT2D eigenvalue weighted by Gasteiger charge is 2.14. The number of anilines is 1. The van der Waals surface area contributed by atoms with Crippen molar-refractivity contribution in [2.75, 3.05) is 5.32 Å². The van der Waals surface area contributed by atoms with Gasteiger partial charge >= 0.3 is 11.8 Å². The highest BCUT2D eigenvalue weighted by Crippen LogP contribution is 2.14. The van der Waals surface area contributed by atoms with Crippen molar-refractivity contribution in [2.24, 2.45) is 0 Å². The zero-order valence-corrected chi connectivity index (χ0v) is 13.4. The third-order valence-corrected chi connectivity index (χ3v) is 3.38. The summed E-state index contributed by atoms with van der Waals surface area (Å²) in [5.74, 6) is -0.862. The second-order valence-corrected chi connectivity index (χ2v) is 5.18. The molecule has 2 aromatic heterocycles. The second-order valence-electron chi connectivity index (χ2n) is 5.18. The third kappa shape index (κ3) is 4.02.